The van der Waals surface area contributed by atoms with Crippen LogP contribution in [-0.4, -0.2) is 29.7 Å². The molecule has 27 heavy (non-hydrogen) atoms. The molecule has 0 saturated heterocycles. The minimum absolute atomic E-state index is 0. The molecule has 1 heterocycles. The molecule has 0 bridgehead atoms. The topological polar surface area (TPSA) is 43.3 Å². The van der Waals surface area contributed by atoms with Gasteiger partial charge < -0.3 is 14.6 Å². The van der Waals surface area contributed by atoms with Crippen molar-refractivity contribution in [1.29, 1.82) is 0 Å². The highest BCUT2D eigenvalue weighted by molar-refractivity contribution is 5.86. The number of ether oxygens (including phenoxy) is 1. The lowest BCUT2D eigenvalue weighted by atomic mass is 10.0. The number of carbonyl (C=O) groups is 1. The fourth-order valence-electron chi connectivity index (χ4n) is 3.37. The molecule has 144 valence electrons. The van der Waals surface area contributed by atoms with Crippen LogP contribution >= 0.6 is 12.4 Å². The van der Waals surface area contributed by atoms with Crippen LogP contribution < -0.4 is 5.32 Å². The maximum absolute atomic E-state index is 12.2. The Morgan fingerprint density at radius 3 is 2.41 bits per heavy atom. The fraction of sp³-hybridized carbons (Fsp3) is 0.318. The van der Waals surface area contributed by atoms with Gasteiger partial charge in [0.15, 0.2) is 0 Å². The molecule has 1 atom stereocenters. The normalized spacial score (nSPS) is 12.0. The van der Waals surface area contributed by atoms with Gasteiger partial charge in [0.05, 0.1) is 7.11 Å². The summed E-state index contributed by atoms with van der Waals surface area (Å²) in [4.78, 5) is 12.2. The van der Waals surface area contributed by atoms with E-state index < -0.39 is 0 Å². The second-order valence-electron chi connectivity index (χ2n) is 6.89. The monoisotopic (exact) mass is 386 g/mol. The molecule has 0 fully saturated rings. The van der Waals surface area contributed by atoms with Crippen LogP contribution in [0.5, 0.6) is 0 Å². The summed E-state index contributed by atoms with van der Waals surface area (Å²) in [5.41, 5.74) is 3.59. The molecule has 0 aliphatic carbocycles. The van der Waals surface area contributed by atoms with Crippen LogP contribution in [0, 0.1) is 0 Å². The van der Waals surface area contributed by atoms with Gasteiger partial charge in [-0.3, -0.25) is 4.79 Å². The predicted octanol–water partition coefficient (Wildman–Crippen LogP) is 4.19. The number of nitrogens with one attached hydrogen (secondary N) is 1. The van der Waals surface area contributed by atoms with Crippen LogP contribution in [0.3, 0.4) is 0 Å². The molecule has 3 rings (SSSR count). The quantitative estimate of drug-likeness (QED) is 0.619. The first-order valence-electron chi connectivity index (χ1n) is 9.03. The third-order valence-electron chi connectivity index (χ3n) is 4.51. The Morgan fingerprint density at radius 2 is 1.74 bits per heavy atom. The summed E-state index contributed by atoms with van der Waals surface area (Å²) >= 11 is 0. The van der Waals surface area contributed by atoms with Crippen molar-refractivity contribution in [2.24, 2.45) is 0 Å². The minimum Gasteiger partial charge on any atom is -0.468 e. The van der Waals surface area contributed by atoms with Crippen molar-refractivity contribution in [3.8, 4) is 0 Å². The standard InChI is InChI=1S/C22H26N2O2.ClH/c1-16(2)23-20(22(25)26-3)13-18-15-24(14-17-9-5-4-6-10-17)21-12-8-7-11-19(18)21;/h4-12,15-16,20,23H,13-14H2,1-3H3;1H/t20-;/m0./s1. The van der Waals surface area contributed by atoms with Gasteiger partial charge in [-0.25, -0.2) is 0 Å². The number of carbonyl (C=O) groups excluding carboxylic acids is 1. The number of fused-ring (bicyclic) bond motifs is 1. The number of para-hydroxylation sites is 1. The number of esters is 1. The molecular weight excluding hydrogens is 360 g/mol. The molecule has 0 aliphatic heterocycles. The average Bonchev–Trinajstić information content (AvgIpc) is 2.99. The Bertz CT molecular complexity index is 874. The van der Waals surface area contributed by atoms with Crippen molar-refractivity contribution in [1.82, 2.24) is 9.88 Å². The first-order valence-corrected chi connectivity index (χ1v) is 9.03. The van der Waals surface area contributed by atoms with E-state index in [-0.39, 0.29) is 30.5 Å². The molecule has 0 aliphatic rings. The second kappa shape index (κ2) is 9.58. The lowest BCUT2D eigenvalue weighted by Gasteiger charge is -2.18. The third-order valence-corrected chi connectivity index (χ3v) is 4.51. The van der Waals surface area contributed by atoms with Gasteiger partial charge in [-0.05, 0) is 17.2 Å². The van der Waals surface area contributed by atoms with Crippen LogP contribution in [0.1, 0.15) is 25.0 Å². The van der Waals surface area contributed by atoms with E-state index in [0.717, 1.165) is 12.1 Å². The molecule has 0 spiro atoms. The number of hydrogen-bond donors (Lipinski definition) is 1. The maximum atomic E-state index is 12.2. The SMILES string of the molecule is COC(=O)[C@H](Cc1cn(Cc2ccccc2)c2ccccc12)NC(C)C.Cl. The van der Waals surface area contributed by atoms with Crippen LogP contribution in [-0.2, 0) is 22.5 Å². The van der Waals surface area contributed by atoms with Crippen molar-refractivity contribution in [3.05, 3.63) is 71.9 Å². The molecule has 0 saturated carbocycles. The van der Waals surface area contributed by atoms with Gasteiger partial charge in [0.25, 0.3) is 0 Å². The predicted molar refractivity (Wildman–Crippen MR) is 113 cm³/mol. The Morgan fingerprint density at radius 1 is 1.07 bits per heavy atom. The fourth-order valence-corrected chi connectivity index (χ4v) is 3.37. The number of aromatic nitrogens is 1. The zero-order chi connectivity index (χ0) is 18.5. The van der Waals surface area contributed by atoms with Gasteiger partial charge in [0.2, 0.25) is 0 Å². The second-order valence-corrected chi connectivity index (χ2v) is 6.89. The Balaban J connectivity index is 0.00000261. The summed E-state index contributed by atoms with van der Waals surface area (Å²) in [7, 11) is 1.44. The van der Waals surface area contributed by atoms with Gasteiger partial charge in [0, 0.05) is 36.1 Å². The number of rotatable bonds is 7. The van der Waals surface area contributed by atoms with Crippen molar-refractivity contribution in [2.45, 2.75) is 38.9 Å². The number of methoxy groups -OCH3 is 1. The van der Waals surface area contributed by atoms with Gasteiger partial charge >= 0.3 is 5.97 Å². The van der Waals surface area contributed by atoms with Gasteiger partial charge in [-0.2, -0.15) is 0 Å². The summed E-state index contributed by atoms with van der Waals surface area (Å²) in [5, 5.41) is 4.50. The molecular formula is C22H27ClN2O2. The molecule has 5 heteroatoms. The number of nitrogens with zero attached hydrogens (tertiary/aromatic N) is 1. The van der Waals surface area contributed by atoms with E-state index in [1.165, 1.54) is 23.6 Å². The van der Waals surface area contributed by atoms with E-state index in [9.17, 15) is 4.79 Å². The van der Waals surface area contributed by atoms with E-state index >= 15 is 0 Å². The number of halogens is 1. The number of hydrogen-bond acceptors (Lipinski definition) is 3. The maximum Gasteiger partial charge on any atom is 0.323 e. The average molecular weight is 387 g/mol. The highest BCUT2D eigenvalue weighted by Crippen LogP contribution is 2.24. The summed E-state index contributed by atoms with van der Waals surface area (Å²) in [6.45, 7) is 4.88. The summed E-state index contributed by atoms with van der Waals surface area (Å²) in [5.74, 6) is -0.224. The van der Waals surface area contributed by atoms with Crippen LogP contribution in [0.2, 0.25) is 0 Å². The van der Waals surface area contributed by atoms with Crippen LogP contribution in [0.15, 0.2) is 60.8 Å². The van der Waals surface area contributed by atoms with E-state index in [2.05, 4.69) is 58.5 Å². The van der Waals surface area contributed by atoms with Crippen LogP contribution in [0.4, 0.5) is 0 Å². The summed E-state index contributed by atoms with van der Waals surface area (Å²) in [6, 6.07) is 18.6. The van der Waals surface area contributed by atoms with Gasteiger partial charge in [-0.15, -0.1) is 12.4 Å². The third kappa shape index (κ3) is 5.12. The zero-order valence-corrected chi connectivity index (χ0v) is 16.8. The van der Waals surface area contributed by atoms with E-state index in [1.807, 2.05) is 26.0 Å². The van der Waals surface area contributed by atoms with Crippen molar-refractivity contribution >= 4 is 29.3 Å². The van der Waals surface area contributed by atoms with E-state index in [1.54, 1.807) is 0 Å². The lowest BCUT2D eigenvalue weighted by Crippen LogP contribution is -2.43. The summed E-state index contributed by atoms with van der Waals surface area (Å²) in [6.07, 6.45) is 2.77. The largest absolute Gasteiger partial charge is 0.468 e. The molecule has 2 aromatic carbocycles. The molecule has 0 unspecified atom stereocenters. The van der Waals surface area contributed by atoms with Crippen LogP contribution in [0.25, 0.3) is 10.9 Å². The molecule has 0 radical (unpaired) electrons. The van der Waals surface area contributed by atoms with Crippen molar-refractivity contribution < 1.29 is 9.53 Å². The Labute approximate surface area is 166 Å². The minimum atomic E-state index is -0.351. The van der Waals surface area contributed by atoms with Crippen molar-refractivity contribution in [2.75, 3.05) is 7.11 Å². The molecule has 0 amide bonds. The first-order chi connectivity index (χ1) is 12.6. The zero-order valence-electron chi connectivity index (χ0n) is 16.0. The van der Waals surface area contributed by atoms with Gasteiger partial charge in [0.1, 0.15) is 6.04 Å². The van der Waals surface area contributed by atoms with E-state index in [0.29, 0.717) is 6.42 Å². The Hall–Kier alpha value is -2.30. The molecule has 1 N–H and O–H groups in total. The Kier molecular flexibility index (Phi) is 7.45. The van der Waals surface area contributed by atoms with Gasteiger partial charge in [-0.1, -0.05) is 62.4 Å². The highest BCUT2D eigenvalue weighted by atomic mass is 35.5. The molecule has 1 aromatic heterocycles. The lowest BCUT2D eigenvalue weighted by molar-refractivity contribution is -0.143. The highest BCUT2D eigenvalue weighted by Gasteiger charge is 2.22. The van der Waals surface area contributed by atoms with Crippen molar-refractivity contribution in [3.63, 3.8) is 0 Å². The number of benzene rings is 2. The molecule has 3 aromatic rings. The van der Waals surface area contributed by atoms with E-state index in [4.69, 9.17) is 4.74 Å². The smallest absolute Gasteiger partial charge is 0.323 e. The summed E-state index contributed by atoms with van der Waals surface area (Å²) < 4.78 is 7.25. The first kappa shape index (κ1) is 21.0. The molecule has 4 nitrogen and oxygen atoms in total.